The van der Waals surface area contributed by atoms with Crippen molar-refractivity contribution in [3.8, 4) is 5.88 Å². The molecular formula is C13H13FN2O3S. The van der Waals surface area contributed by atoms with Crippen molar-refractivity contribution in [2.75, 3.05) is 12.8 Å². The lowest BCUT2D eigenvalue weighted by atomic mass is 10.3. The van der Waals surface area contributed by atoms with Gasteiger partial charge in [-0.1, -0.05) is 6.07 Å². The molecule has 0 saturated heterocycles. The molecule has 0 amide bonds. The number of nitrogens with zero attached hydrogens (tertiary/aromatic N) is 1. The molecule has 2 aromatic rings. The summed E-state index contributed by atoms with van der Waals surface area (Å²) >= 11 is 0. The maximum Gasteiger partial charge on any atom is 0.213 e. The van der Waals surface area contributed by atoms with Crippen molar-refractivity contribution >= 4 is 15.5 Å². The zero-order chi connectivity index (χ0) is 14.8. The van der Waals surface area contributed by atoms with E-state index in [2.05, 4.69) is 4.98 Å². The Morgan fingerprint density at radius 3 is 2.70 bits per heavy atom. The molecule has 0 aliphatic heterocycles. The van der Waals surface area contributed by atoms with Gasteiger partial charge in [-0.05, 0) is 24.3 Å². The first-order valence-corrected chi connectivity index (χ1v) is 7.35. The van der Waals surface area contributed by atoms with Crippen LogP contribution in [0.2, 0.25) is 0 Å². The second kappa shape index (κ2) is 5.46. The summed E-state index contributed by atoms with van der Waals surface area (Å²) in [4.78, 5) is 3.89. The minimum Gasteiger partial charge on any atom is -0.481 e. The molecule has 106 valence electrons. The Balaban J connectivity index is 2.32. The number of anilines is 1. The van der Waals surface area contributed by atoms with Crippen LogP contribution in [0.3, 0.4) is 0 Å². The van der Waals surface area contributed by atoms with E-state index in [0.29, 0.717) is 11.6 Å². The highest BCUT2D eigenvalue weighted by molar-refractivity contribution is 7.90. The maximum atomic E-state index is 13.3. The van der Waals surface area contributed by atoms with Crippen LogP contribution in [0.25, 0.3) is 0 Å². The zero-order valence-corrected chi connectivity index (χ0v) is 11.5. The molecule has 0 atom stereocenters. The smallest absolute Gasteiger partial charge is 0.213 e. The summed E-state index contributed by atoms with van der Waals surface area (Å²) in [6.07, 6.45) is 0. The van der Waals surface area contributed by atoms with Gasteiger partial charge in [0.2, 0.25) is 5.88 Å². The molecule has 20 heavy (non-hydrogen) atoms. The van der Waals surface area contributed by atoms with Gasteiger partial charge in [-0.3, -0.25) is 0 Å². The Labute approximate surface area is 116 Å². The molecule has 2 N–H and O–H groups in total. The summed E-state index contributed by atoms with van der Waals surface area (Å²) in [5.41, 5.74) is 5.55. The van der Waals surface area contributed by atoms with Crippen molar-refractivity contribution in [1.29, 1.82) is 0 Å². The highest BCUT2D eigenvalue weighted by Crippen LogP contribution is 2.20. The van der Waals surface area contributed by atoms with Gasteiger partial charge >= 0.3 is 0 Å². The number of nitrogens with two attached hydrogens (primary N) is 1. The van der Waals surface area contributed by atoms with Crippen molar-refractivity contribution in [3.05, 3.63) is 47.9 Å². The van der Waals surface area contributed by atoms with Gasteiger partial charge in [0, 0.05) is 6.07 Å². The second-order valence-corrected chi connectivity index (χ2v) is 6.10. The van der Waals surface area contributed by atoms with Gasteiger partial charge in [-0.25, -0.2) is 17.8 Å². The standard InChI is InChI=1S/C13H13FN2O3S/c1-19-13-4-2-3-9(16-13)8-20(17,18)10-5-6-12(15)11(14)7-10/h2-7H,8,15H2,1H3. The average molecular weight is 296 g/mol. The van der Waals surface area contributed by atoms with E-state index in [1.54, 1.807) is 18.2 Å². The van der Waals surface area contributed by atoms with Crippen molar-refractivity contribution < 1.29 is 17.5 Å². The monoisotopic (exact) mass is 296 g/mol. The van der Waals surface area contributed by atoms with Gasteiger partial charge < -0.3 is 10.5 Å². The number of methoxy groups -OCH3 is 1. The fourth-order valence-corrected chi connectivity index (χ4v) is 2.91. The lowest BCUT2D eigenvalue weighted by Gasteiger charge is -2.06. The Hall–Kier alpha value is -2.15. The minimum absolute atomic E-state index is 0.0940. The van der Waals surface area contributed by atoms with Gasteiger partial charge in [-0.2, -0.15) is 0 Å². The summed E-state index contributed by atoms with van der Waals surface area (Å²) < 4.78 is 42.6. The number of hydrogen-bond donors (Lipinski definition) is 1. The minimum atomic E-state index is -3.69. The van der Waals surface area contributed by atoms with E-state index >= 15 is 0 Å². The lowest BCUT2D eigenvalue weighted by molar-refractivity contribution is 0.396. The van der Waals surface area contributed by atoms with Crippen LogP contribution in [-0.2, 0) is 15.6 Å². The number of pyridine rings is 1. The molecule has 2 rings (SSSR count). The number of aromatic nitrogens is 1. The summed E-state index contributed by atoms with van der Waals surface area (Å²) in [6, 6.07) is 8.22. The second-order valence-electron chi connectivity index (χ2n) is 4.11. The molecular weight excluding hydrogens is 283 g/mol. The van der Waals surface area contributed by atoms with Crippen LogP contribution >= 0.6 is 0 Å². The molecule has 0 saturated carbocycles. The lowest BCUT2D eigenvalue weighted by Crippen LogP contribution is -2.07. The molecule has 0 fully saturated rings. The molecule has 7 heteroatoms. The Morgan fingerprint density at radius 1 is 1.30 bits per heavy atom. The third-order valence-corrected chi connectivity index (χ3v) is 4.31. The fraction of sp³-hybridized carbons (Fsp3) is 0.154. The van der Waals surface area contributed by atoms with Crippen LogP contribution in [0.1, 0.15) is 5.69 Å². The van der Waals surface area contributed by atoms with E-state index in [1.165, 1.54) is 19.2 Å². The van der Waals surface area contributed by atoms with Crippen molar-refractivity contribution in [2.45, 2.75) is 10.6 Å². The Bertz CT molecular complexity index is 732. The van der Waals surface area contributed by atoms with Gasteiger partial charge in [0.25, 0.3) is 0 Å². The van der Waals surface area contributed by atoms with E-state index in [0.717, 1.165) is 6.07 Å². The number of nitrogen functional groups attached to an aromatic ring is 1. The predicted molar refractivity (Wildman–Crippen MR) is 72.5 cm³/mol. The largest absolute Gasteiger partial charge is 0.481 e. The van der Waals surface area contributed by atoms with E-state index in [9.17, 15) is 12.8 Å². The average Bonchev–Trinajstić information content (AvgIpc) is 2.41. The molecule has 1 aromatic heterocycles. The van der Waals surface area contributed by atoms with E-state index in [1.807, 2.05) is 0 Å². The molecule has 0 radical (unpaired) electrons. The van der Waals surface area contributed by atoms with Crippen LogP contribution in [-0.4, -0.2) is 20.5 Å². The first kappa shape index (κ1) is 14.3. The molecule has 0 bridgehead atoms. The quantitative estimate of drug-likeness (QED) is 0.870. The van der Waals surface area contributed by atoms with Gasteiger partial charge in [0.05, 0.1) is 29.1 Å². The number of ether oxygens (including phenoxy) is 1. The van der Waals surface area contributed by atoms with Gasteiger partial charge in [0.1, 0.15) is 5.82 Å². The highest BCUT2D eigenvalue weighted by atomic mass is 32.2. The number of halogens is 1. The van der Waals surface area contributed by atoms with Crippen molar-refractivity contribution in [2.24, 2.45) is 0 Å². The Kier molecular flexibility index (Phi) is 3.89. The number of rotatable bonds is 4. The van der Waals surface area contributed by atoms with Crippen molar-refractivity contribution in [3.63, 3.8) is 0 Å². The third kappa shape index (κ3) is 3.05. The number of sulfone groups is 1. The summed E-state index contributed by atoms with van der Waals surface area (Å²) in [5.74, 6) is -0.779. The fourth-order valence-electron chi connectivity index (χ4n) is 1.63. The molecule has 5 nitrogen and oxygen atoms in total. The SMILES string of the molecule is COc1cccc(CS(=O)(=O)c2ccc(N)c(F)c2)n1. The Morgan fingerprint density at radius 2 is 2.05 bits per heavy atom. The van der Waals surface area contributed by atoms with Crippen LogP contribution in [0.5, 0.6) is 5.88 Å². The van der Waals surface area contributed by atoms with Crippen LogP contribution in [0, 0.1) is 5.82 Å². The first-order chi connectivity index (χ1) is 9.42. The van der Waals surface area contributed by atoms with Crippen LogP contribution in [0.4, 0.5) is 10.1 Å². The zero-order valence-electron chi connectivity index (χ0n) is 10.7. The molecule has 0 aliphatic rings. The normalized spacial score (nSPS) is 11.3. The van der Waals surface area contributed by atoms with Crippen molar-refractivity contribution in [1.82, 2.24) is 4.98 Å². The first-order valence-electron chi connectivity index (χ1n) is 5.70. The van der Waals surface area contributed by atoms with Crippen LogP contribution < -0.4 is 10.5 Å². The molecule has 0 spiro atoms. The summed E-state index contributed by atoms with van der Waals surface area (Å²) in [6.45, 7) is 0. The van der Waals surface area contributed by atoms with Gasteiger partial charge in [0.15, 0.2) is 9.84 Å². The molecule has 0 unspecified atom stereocenters. The molecule has 0 aliphatic carbocycles. The van der Waals surface area contributed by atoms with E-state index < -0.39 is 15.7 Å². The van der Waals surface area contributed by atoms with Crippen LogP contribution in [0.15, 0.2) is 41.3 Å². The molecule has 1 heterocycles. The summed E-state index contributed by atoms with van der Waals surface area (Å²) in [5, 5.41) is 0. The third-order valence-electron chi connectivity index (χ3n) is 2.66. The van der Waals surface area contributed by atoms with E-state index in [4.69, 9.17) is 10.5 Å². The number of hydrogen-bond acceptors (Lipinski definition) is 5. The van der Waals surface area contributed by atoms with E-state index in [-0.39, 0.29) is 16.3 Å². The van der Waals surface area contributed by atoms with Gasteiger partial charge in [-0.15, -0.1) is 0 Å². The maximum absolute atomic E-state index is 13.3. The topological polar surface area (TPSA) is 82.3 Å². The molecule has 1 aromatic carbocycles. The number of benzene rings is 1. The predicted octanol–water partition coefficient (Wildman–Crippen LogP) is 1.79. The highest BCUT2D eigenvalue weighted by Gasteiger charge is 2.18. The summed E-state index contributed by atoms with van der Waals surface area (Å²) in [7, 11) is -2.25.